The number of likely N-dealkylation sites (tertiary alicyclic amines) is 1. The Labute approximate surface area is 297 Å². The number of nitrogens with zero attached hydrogens (tertiary/aromatic N) is 1. The second kappa shape index (κ2) is 16.5. The van der Waals surface area contributed by atoms with Gasteiger partial charge in [-0.15, -0.1) is 0 Å². The zero-order chi connectivity index (χ0) is 35.8. The van der Waals surface area contributed by atoms with Crippen LogP contribution in [0.4, 0.5) is 10.5 Å². The first-order valence-electron chi connectivity index (χ1n) is 18.2. The van der Waals surface area contributed by atoms with Gasteiger partial charge in [0.05, 0.1) is 19.2 Å². The molecule has 2 N–H and O–H groups in total. The molecule has 2 amide bonds. The normalized spacial score (nSPS) is 18.3. The lowest BCUT2D eigenvalue weighted by Crippen LogP contribution is -2.57. The molecule has 5 rings (SSSR count). The van der Waals surface area contributed by atoms with Gasteiger partial charge in [-0.25, -0.2) is 4.79 Å². The van der Waals surface area contributed by atoms with Gasteiger partial charge in [-0.3, -0.25) is 9.59 Å². The Kier molecular flexibility index (Phi) is 12.1. The van der Waals surface area contributed by atoms with E-state index in [4.69, 9.17) is 9.47 Å². The molecule has 1 saturated carbocycles. The average Bonchev–Trinajstić information content (AvgIpc) is 3.07. The summed E-state index contributed by atoms with van der Waals surface area (Å²) >= 11 is 0. The van der Waals surface area contributed by atoms with Crippen LogP contribution in [0.3, 0.4) is 0 Å². The Morgan fingerprint density at radius 2 is 1.68 bits per heavy atom. The Hall–Kier alpha value is -4.51. The number of carbonyl (C=O) groups is 3. The molecule has 0 bridgehead atoms. The fourth-order valence-corrected chi connectivity index (χ4v) is 6.98. The zero-order valence-corrected chi connectivity index (χ0v) is 30.6. The standard InChI is InChI=1S/C42H53N3O5/c1-28-15-23-33(44-34-26-45(27-34)41(48)50-42(3,4)5)25-38(28)40(47)43-29(2)35-24-22-32(36-12-8-9-13-37(35)36)21-20-31-18-16-30(17-19-31)11-7-10-14-39(46)49-6/h8-9,12-13,15,22-25,29-31,34,44H,7,10-11,14,16-19,26-27H2,1-6H3,(H,43,47)/t29-,30?,31?/m1/s1. The number of benzene rings is 3. The van der Waals surface area contributed by atoms with Crippen LogP contribution in [-0.2, 0) is 14.3 Å². The number of methoxy groups -OCH3 is 1. The number of hydrogen-bond donors (Lipinski definition) is 2. The number of anilines is 1. The van der Waals surface area contributed by atoms with Crippen LogP contribution in [0.2, 0.25) is 0 Å². The van der Waals surface area contributed by atoms with Gasteiger partial charge >= 0.3 is 12.1 Å². The quantitative estimate of drug-likeness (QED) is 0.127. The third kappa shape index (κ3) is 9.80. The molecule has 266 valence electrons. The molecule has 0 aromatic heterocycles. The van der Waals surface area contributed by atoms with E-state index >= 15 is 0 Å². The molecule has 1 aliphatic carbocycles. The highest BCUT2D eigenvalue weighted by Crippen LogP contribution is 2.33. The number of unbranched alkanes of at least 4 members (excludes halogenated alkanes) is 1. The van der Waals surface area contributed by atoms with Crippen molar-refractivity contribution >= 4 is 34.4 Å². The van der Waals surface area contributed by atoms with Crippen molar-refractivity contribution in [3.05, 3.63) is 76.9 Å². The van der Waals surface area contributed by atoms with Gasteiger partial charge in [0, 0.05) is 42.2 Å². The van der Waals surface area contributed by atoms with E-state index in [-0.39, 0.29) is 30.1 Å². The molecule has 0 spiro atoms. The highest BCUT2D eigenvalue weighted by Gasteiger charge is 2.33. The SMILES string of the molecule is COC(=O)CCCCC1CCC(C#Cc2ccc([C@@H](C)NC(=O)c3cc(NC4CN(C(=O)OC(C)(C)C)C4)ccc3C)c3ccccc23)CC1. The first-order valence-corrected chi connectivity index (χ1v) is 18.2. The molecule has 2 aliphatic rings. The minimum atomic E-state index is -0.523. The highest BCUT2D eigenvalue weighted by molar-refractivity contribution is 5.97. The molecule has 0 radical (unpaired) electrons. The van der Waals surface area contributed by atoms with E-state index in [1.165, 1.54) is 26.4 Å². The molecular formula is C42H53N3O5. The number of carbonyl (C=O) groups excluding carboxylic acids is 3. The Bertz CT molecular complexity index is 1740. The number of amides is 2. The van der Waals surface area contributed by atoms with Crippen molar-refractivity contribution in [3.8, 4) is 11.8 Å². The van der Waals surface area contributed by atoms with Gasteiger partial charge < -0.3 is 25.0 Å². The predicted octanol–water partition coefficient (Wildman–Crippen LogP) is 8.56. The lowest BCUT2D eigenvalue weighted by atomic mass is 9.80. The largest absolute Gasteiger partial charge is 0.469 e. The van der Waals surface area contributed by atoms with Crippen molar-refractivity contribution in [1.82, 2.24) is 10.2 Å². The molecule has 3 aromatic carbocycles. The van der Waals surface area contributed by atoms with Crippen LogP contribution in [-0.4, -0.2) is 54.7 Å². The van der Waals surface area contributed by atoms with E-state index in [0.29, 0.717) is 31.0 Å². The van der Waals surface area contributed by atoms with Crippen LogP contribution in [0.25, 0.3) is 10.8 Å². The van der Waals surface area contributed by atoms with E-state index in [1.54, 1.807) is 4.90 Å². The summed E-state index contributed by atoms with van der Waals surface area (Å²) in [6, 6.07) is 18.2. The smallest absolute Gasteiger partial charge is 0.410 e. The highest BCUT2D eigenvalue weighted by atomic mass is 16.6. The van der Waals surface area contributed by atoms with E-state index in [1.807, 2.05) is 65.0 Å². The zero-order valence-electron chi connectivity index (χ0n) is 30.6. The van der Waals surface area contributed by atoms with E-state index in [0.717, 1.165) is 64.8 Å². The third-order valence-electron chi connectivity index (χ3n) is 9.89. The van der Waals surface area contributed by atoms with Gasteiger partial charge in [-0.1, -0.05) is 61.1 Å². The first kappa shape index (κ1) is 36.8. The first-order chi connectivity index (χ1) is 23.9. The van der Waals surface area contributed by atoms with Gasteiger partial charge in [0.15, 0.2) is 0 Å². The summed E-state index contributed by atoms with van der Waals surface area (Å²) < 4.78 is 10.2. The lowest BCUT2D eigenvalue weighted by molar-refractivity contribution is -0.140. The van der Waals surface area contributed by atoms with Crippen molar-refractivity contribution in [2.75, 3.05) is 25.5 Å². The number of rotatable bonds is 10. The summed E-state index contributed by atoms with van der Waals surface area (Å²) in [5.41, 5.74) is 3.91. The van der Waals surface area contributed by atoms with Crippen LogP contribution in [0, 0.1) is 30.6 Å². The van der Waals surface area contributed by atoms with Crippen LogP contribution < -0.4 is 10.6 Å². The van der Waals surface area contributed by atoms with Crippen LogP contribution in [0.5, 0.6) is 0 Å². The fourth-order valence-electron chi connectivity index (χ4n) is 6.98. The number of aryl methyl sites for hydroxylation is 1. The summed E-state index contributed by atoms with van der Waals surface area (Å²) in [6.45, 7) is 10.7. The van der Waals surface area contributed by atoms with Gasteiger partial charge in [-0.05, 0) is 113 Å². The molecule has 50 heavy (non-hydrogen) atoms. The van der Waals surface area contributed by atoms with Crippen molar-refractivity contribution in [2.45, 2.75) is 104 Å². The van der Waals surface area contributed by atoms with Crippen molar-refractivity contribution < 1.29 is 23.9 Å². The number of hydrogen-bond acceptors (Lipinski definition) is 6. The molecule has 2 fully saturated rings. The molecular weight excluding hydrogens is 626 g/mol. The van der Waals surface area contributed by atoms with Gasteiger partial charge in [0.1, 0.15) is 5.60 Å². The molecule has 1 heterocycles. The van der Waals surface area contributed by atoms with Crippen molar-refractivity contribution in [3.63, 3.8) is 0 Å². The maximum Gasteiger partial charge on any atom is 0.410 e. The second-order valence-corrected chi connectivity index (χ2v) is 15.0. The summed E-state index contributed by atoms with van der Waals surface area (Å²) in [4.78, 5) is 39.0. The maximum absolute atomic E-state index is 13.6. The molecule has 8 heteroatoms. The van der Waals surface area contributed by atoms with Crippen LogP contribution in [0.1, 0.15) is 112 Å². The van der Waals surface area contributed by atoms with Gasteiger partial charge in [0.25, 0.3) is 5.91 Å². The summed E-state index contributed by atoms with van der Waals surface area (Å²) in [7, 11) is 1.45. The molecule has 0 unspecified atom stereocenters. The number of nitrogens with one attached hydrogen (secondary N) is 2. The minimum absolute atomic E-state index is 0.0958. The Morgan fingerprint density at radius 1 is 0.960 bits per heavy atom. The topological polar surface area (TPSA) is 97.0 Å². The average molecular weight is 680 g/mol. The van der Waals surface area contributed by atoms with Crippen molar-refractivity contribution in [2.24, 2.45) is 11.8 Å². The van der Waals surface area contributed by atoms with E-state index < -0.39 is 5.60 Å². The summed E-state index contributed by atoms with van der Waals surface area (Å²) in [6.07, 6.45) is 8.00. The summed E-state index contributed by atoms with van der Waals surface area (Å²) in [5, 5.41) is 8.89. The third-order valence-corrected chi connectivity index (χ3v) is 9.89. The maximum atomic E-state index is 13.6. The fraction of sp³-hybridized carbons (Fsp3) is 0.500. The lowest BCUT2D eigenvalue weighted by Gasteiger charge is -2.40. The van der Waals surface area contributed by atoms with E-state index in [9.17, 15) is 14.4 Å². The van der Waals surface area contributed by atoms with Crippen LogP contribution in [0.15, 0.2) is 54.6 Å². The molecule has 1 atom stereocenters. The van der Waals surface area contributed by atoms with Crippen LogP contribution >= 0.6 is 0 Å². The van der Waals surface area contributed by atoms with Gasteiger partial charge in [-0.2, -0.15) is 0 Å². The molecule has 3 aromatic rings. The van der Waals surface area contributed by atoms with Gasteiger partial charge in [0.2, 0.25) is 0 Å². The van der Waals surface area contributed by atoms with Crippen molar-refractivity contribution in [1.29, 1.82) is 0 Å². The molecule has 1 saturated heterocycles. The molecule has 1 aliphatic heterocycles. The molecule has 8 nitrogen and oxygen atoms in total. The van der Waals surface area contributed by atoms with E-state index in [2.05, 4.69) is 46.7 Å². The summed E-state index contributed by atoms with van der Waals surface area (Å²) in [5.74, 6) is 7.97. The minimum Gasteiger partial charge on any atom is -0.469 e. The number of esters is 1. The second-order valence-electron chi connectivity index (χ2n) is 15.0. The Morgan fingerprint density at radius 3 is 2.38 bits per heavy atom. The number of ether oxygens (including phenoxy) is 2. The predicted molar refractivity (Wildman–Crippen MR) is 199 cm³/mol. The number of fused-ring (bicyclic) bond motifs is 1. The monoisotopic (exact) mass is 679 g/mol. The Balaban J connectivity index is 1.18.